The third kappa shape index (κ3) is 3.60. The molecule has 1 aromatic heterocycles. The summed E-state index contributed by atoms with van der Waals surface area (Å²) < 4.78 is 5.64. The lowest BCUT2D eigenvalue weighted by Crippen LogP contribution is -2.25. The Bertz CT molecular complexity index is 356. The van der Waals surface area contributed by atoms with E-state index in [1.807, 2.05) is 6.07 Å². The Balaban J connectivity index is 1.66. The molecule has 0 amide bonds. The number of hydrogen-bond donors (Lipinski definition) is 1. The van der Waals surface area contributed by atoms with Crippen LogP contribution in [0.3, 0.4) is 0 Å². The fourth-order valence-corrected chi connectivity index (χ4v) is 2.37. The number of likely N-dealkylation sites (tertiary alicyclic amines) is 1. The molecular formula is C13H21N3O. The van der Waals surface area contributed by atoms with Crippen LogP contribution in [0, 0.1) is 0 Å². The van der Waals surface area contributed by atoms with Gasteiger partial charge in [0.2, 0.25) is 0 Å². The van der Waals surface area contributed by atoms with Gasteiger partial charge in [-0.05, 0) is 45.3 Å². The predicted octanol–water partition coefficient (Wildman–Crippen LogP) is 1.92. The van der Waals surface area contributed by atoms with Crippen LogP contribution in [0.15, 0.2) is 18.3 Å². The minimum Gasteiger partial charge on any atom is -0.493 e. The summed E-state index contributed by atoms with van der Waals surface area (Å²) in [7, 11) is 2.21. The molecule has 0 bridgehead atoms. The number of hydrogen-bond acceptors (Lipinski definition) is 4. The first-order valence-electron chi connectivity index (χ1n) is 6.30. The van der Waals surface area contributed by atoms with Crippen molar-refractivity contribution in [1.29, 1.82) is 0 Å². The van der Waals surface area contributed by atoms with Gasteiger partial charge in [-0.15, -0.1) is 0 Å². The summed E-state index contributed by atoms with van der Waals surface area (Å²) in [6.45, 7) is 2.00. The second-order valence-corrected chi connectivity index (χ2v) is 4.68. The molecule has 1 aliphatic rings. The van der Waals surface area contributed by atoms with Crippen molar-refractivity contribution in [3.05, 3.63) is 18.3 Å². The first kappa shape index (κ1) is 12.2. The van der Waals surface area contributed by atoms with E-state index in [1.54, 1.807) is 12.3 Å². The zero-order valence-corrected chi connectivity index (χ0v) is 10.4. The lowest BCUT2D eigenvalue weighted by atomic mass is 10.1. The molecule has 1 fully saturated rings. The van der Waals surface area contributed by atoms with E-state index in [0.29, 0.717) is 5.82 Å². The maximum atomic E-state index is 5.64. The fraction of sp³-hybridized carbons (Fsp3) is 0.615. The number of pyridine rings is 1. The smallest absolute Gasteiger partial charge is 0.126 e. The molecule has 1 atom stereocenters. The monoisotopic (exact) mass is 235 g/mol. The van der Waals surface area contributed by atoms with Gasteiger partial charge in [0.25, 0.3) is 0 Å². The van der Waals surface area contributed by atoms with Crippen molar-refractivity contribution in [2.75, 3.05) is 25.9 Å². The summed E-state index contributed by atoms with van der Waals surface area (Å²) in [4.78, 5) is 6.38. The Hall–Kier alpha value is -1.29. The molecule has 17 heavy (non-hydrogen) atoms. The summed E-state index contributed by atoms with van der Waals surface area (Å²) >= 11 is 0. The number of ether oxygens (including phenoxy) is 1. The molecule has 4 nitrogen and oxygen atoms in total. The van der Waals surface area contributed by atoms with E-state index in [0.717, 1.165) is 24.8 Å². The van der Waals surface area contributed by atoms with Crippen molar-refractivity contribution in [3.63, 3.8) is 0 Å². The number of rotatable bonds is 5. The summed E-state index contributed by atoms with van der Waals surface area (Å²) in [5, 5.41) is 0. The van der Waals surface area contributed by atoms with Gasteiger partial charge in [0, 0.05) is 18.3 Å². The molecule has 1 aromatic rings. The molecule has 94 valence electrons. The Kier molecular flexibility index (Phi) is 4.20. The van der Waals surface area contributed by atoms with Crippen LogP contribution < -0.4 is 10.5 Å². The molecule has 0 spiro atoms. The minimum absolute atomic E-state index is 0.512. The average Bonchev–Trinajstić information content (AvgIpc) is 2.71. The Morgan fingerprint density at radius 3 is 3.18 bits per heavy atom. The minimum atomic E-state index is 0.512. The van der Waals surface area contributed by atoms with Crippen molar-refractivity contribution in [2.24, 2.45) is 0 Å². The second-order valence-electron chi connectivity index (χ2n) is 4.68. The second kappa shape index (κ2) is 5.87. The van der Waals surface area contributed by atoms with Crippen molar-refractivity contribution in [1.82, 2.24) is 9.88 Å². The highest BCUT2D eigenvalue weighted by Crippen LogP contribution is 2.19. The lowest BCUT2D eigenvalue weighted by molar-refractivity contribution is 0.255. The molecule has 0 saturated carbocycles. The molecule has 1 unspecified atom stereocenters. The predicted molar refractivity (Wildman–Crippen MR) is 69.0 cm³/mol. The van der Waals surface area contributed by atoms with Gasteiger partial charge in [0.15, 0.2) is 0 Å². The molecule has 2 N–H and O–H groups in total. The number of anilines is 1. The van der Waals surface area contributed by atoms with E-state index in [4.69, 9.17) is 10.5 Å². The van der Waals surface area contributed by atoms with Crippen molar-refractivity contribution in [3.8, 4) is 5.75 Å². The van der Waals surface area contributed by atoms with E-state index in [9.17, 15) is 0 Å². The van der Waals surface area contributed by atoms with Crippen LogP contribution in [-0.4, -0.2) is 36.1 Å². The van der Waals surface area contributed by atoms with Gasteiger partial charge in [-0.3, -0.25) is 0 Å². The zero-order chi connectivity index (χ0) is 12.1. The van der Waals surface area contributed by atoms with Crippen LogP contribution in [0.5, 0.6) is 5.75 Å². The fourth-order valence-electron chi connectivity index (χ4n) is 2.37. The first-order chi connectivity index (χ1) is 8.25. The molecule has 2 rings (SSSR count). The molecule has 2 heterocycles. The van der Waals surface area contributed by atoms with E-state index >= 15 is 0 Å². The van der Waals surface area contributed by atoms with Gasteiger partial charge in [0.05, 0.1) is 6.61 Å². The van der Waals surface area contributed by atoms with Gasteiger partial charge >= 0.3 is 0 Å². The van der Waals surface area contributed by atoms with Crippen LogP contribution in [0.2, 0.25) is 0 Å². The lowest BCUT2D eigenvalue weighted by Gasteiger charge is -2.19. The van der Waals surface area contributed by atoms with E-state index in [-0.39, 0.29) is 0 Å². The van der Waals surface area contributed by atoms with Crippen LogP contribution in [-0.2, 0) is 0 Å². The molecule has 0 aliphatic carbocycles. The van der Waals surface area contributed by atoms with Gasteiger partial charge < -0.3 is 15.4 Å². The average molecular weight is 235 g/mol. The highest BCUT2D eigenvalue weighted by Gasteiger charge is 2.19. The standard InChI is InChI=1S/C13H21N3O/c1-16-8-2-4-11(16)5-3-9-17-12-6-7-15-13(14)10-12/h6-7,10-11H,2-5,8-9H2,1H3,(H2,14,15). The largest absolute Gasteiger partial charge is 0.493 e. The highest BCUT2D eigenvalue weighted by molar-refractivity contribution is 5.35. The molecule has 0 radical (unpaired) electrons. The number of nitrogens with zero attached hydrogens (tertiary/aromatic N) is 2. The number of nitrogen functional groups attached to an aromatic ring is 1. The molecule has 1 aliphatic heterocycles. The highest BCUT2D eigenvalue weighted by atomic mass is 16.5. The van der Waals surface area contributed by atoms with Crippen LogP contribution >= 0.6 is 0 Å². The van der Waals surface area contributed by atoms with E-state index < -0.39 is 0 Å². The van der Waals surface area contributed by atoms with E-state index in [1.165, 1.54) is 25.8 Å². The molecule has 0 aromatic carbocycles. The number of aromatic nitrogens is 1. The summed E-state index contributed by atoms with van der Waals surface area (Å²) in [5.74, 6) is 1.33. The summed E-state index contributed by atoms with van der Waals surface area (Å²) in [6, 6.07) is 4.36. The van der Waals surface area contributed by atoms with Gasteiger partial charge in [0.1, 0.15) is 11.6 Å². The quantitative estimate of drug-likeness (QED) is 0.792. The third-order valence-corrected chi connectivity index (χ3v) is 3.37. The number of nitrogens with two attached hydrogens (primary N) is 1. The Morgan fingerprint density at radius 1 is 1.59 bits per heavy atom. The van der Waals surface area contributed by atoms with Crippen molar-refractivity contribution < 1.29 is 4.74 Å². The van der Waals surface area contributed by atoms with Gasteiger partial charge in [-0.2, -0.15) is 0 Å². The van der Waals surface area contributed by atoms with Crippen LogP contribution in [0.25, 0.3) is 0 Å². The van der Waals surface area contributed by atoms with Crippen LogP contribution in [0.4, 0.5) is 5.82 Å². The maximum Gasteiger partial charge on any atom is 0.126 e. The maximum absolute atomic E-state index is 5.64. The van der Waals surface area contributed by atoms with Gasteiger partial charge in [-0.1, -0.05) is 0 Å². The molecule has 1 saturated heterocycles. The van der Waals surface area contributed by atoms with Crippen LogP contribution in [0.1, 0.15) is 25.7 Å². The van der Waals surface area contributed by atoms with Crippen molar-refractivity contribution >= 4 is 5.82 Å². The van der Waals surface area contributed by atoms with Gasteiger partial charge in [-0.25, -0.2) is 4.98 Å². The third-order valence-electron chi connectivity index (χ3n) is 3.37. The van der Waals surface area contributed by atoms with E-state index in [2.05, 4.69) is 16.9 Å². The van der Waals surface area contributed by atoms with Crippen molar-refractivity contribution in [2.45, 2.75) is 31.7 Å². The Labute approximate surface area is 103 Å². The normalized spacial score (nSPS) is 20.6. The SMILES string of the molecule is CN1CCCC1CCCOc1ccnc(N)c1. The molecule has 4 heteroatoms. The summed E-state index contributed by atoms with van der Waals surface area (Å²) in [5.41, 5.74) is 5.58. The topological polar surface area (TPSA) is 51.4 Å². The first-order valence-corrected chi connectivity index (χ1v) is 6.30. The molecular weight excluding hydrogens is 214 g/mol. The summed E-state index contributed by atoms with van der Waals surface area (Å²) in [6.07, 6.45) is 6.66. The Morgan fingerprint density at radius 2 is 2.47 bits per heavy atom. The zero-order valence-electron chi connectivity index (χ0n) is 10.4.